The van der Waals surface area contributed by atoms with E-state index in [4.69, 9.17) is 27.2 Å². The van der Waals surface area contributed by atoms with Crippen molar-refractivity contribution in [2.45, 2.75) is 6.42 Å². The van der Waals surface area contributed by atoms with E-state index < -0.39 is 0 Å². The summed E-state index contributed by atoms with van der Waals surface area (Å²) in [6, 6.07) is 4.76. The number of aliphatic hydroxyl groups is 1. The van der Waals surface area contributed by atoms with Gasteiger partial charge >= 0.3 is 0 Å². The number of anilines is 1. The minimum absolute atomic E-state index is 0.0102. The van der Waals surface area contributed by atoms with Crippen LogP contribution in [0.15, 0.2) is 18.2 Å². The van der Waals surface area contributed by atoms with Gasteiger partial charge in [0.2, 0.25) is 0 Å². The zero-order chi connectivity index (χ0) is 13.4. The predicted molar refractivity (Wildman–Crippen MR) is 70.7 cm³/mol. The molecule has 1 rings (SSSR count). The second-order valence-corrected chi connectivity index (χ2v) is 4.09. The van der Waals surface area contributed by atoms with Crippen molar-refractivity contribution < 1.29 is 14.6 Å². The van der Waals surface area contributed by atoms with Gasteiger partial charge in [0.25, 0.3) is 5.91 Å². The molecule has 6 heteroatoms. The average molecular weight is 273 g/mol. The van der Waals surface area contributed by atoms with E-state index in [1.54, 1.807) is 12.1 Å². The fourth-order valence-corrected chi connectivity index (χ4v) is 1.49. The minimum Gasteiger partial charge on any atom is -0.398 e. The minimum atomic E-state index is -0.195. The summed E-state index contributed by atoms with van der Waals surface area (Å²) in [6.45, 7) is 1.34. The molecular formula is C12H17ClN2O3. The Hall–Kier alpha value is -1.30. The number of rotatable bonds is 7. The molecular weight excluding hydrogens is 256 g/mol. The van der Waals surface area contributed by atoms with Crippen molar-refractivity contribution in [2.75, 3.05) is 32.1 Å². The molecule has 0 aromatic heterocycles. The maximum absolute atomic E-state index is 11.7. The number of benzene rings is 1. The van der Waals surface area contributed by atoms with Gasteiger partial charge in [-0.2, -0.15) is 0 Å². The molecule has 0 saturated carbocycles. The van der Waals surface area contributed by atoms with Crippen LogP contribution in [0.4, 0.5) is 5.69 Å². The Labute approximate surface area is 111 Å². The number of nitrogens with one attached hydrogen (secondary N) is 1. The summed E-state index contributed by atoms with van der Waals surface area (Å²) in [5.41, 5.74) is 6.48. The summed E-state index contributed by atoms with van der Waals surface area (Å²) < 4.78 is 5.07. The van der Waals surface area contributed by atoms with E-state index in [0.29, 0.717) is 42.5 Å². The van der Waals surface area contributed by atoms with E-state index >= 15 is 0 Å². The number of carbonyl (C=O) groups excluding carboxylic acids is 1. The molecule has 0 heterocycles. The van der Waals surface area contributed by atoms with Crippen LogP contribution in [0.1, 0.15) is 16.8 Å². The lowest BCUT2D eigenvalue weighted by Gasteiger charge is -2.06. The highest BCUT2D eigenvalue weighted by atomic mass is 35.5. The summed E-state index contributed by atoms with van der Waals surface area (Å²) in [5, 5.41) is 11.6. The summed E-state index contributed by atoms with van der Waals surface area (Å²) in [6.07, 6.45) is 0.689. The first-order valence-corrected chi connectivity index (χ1v) is 6.04. The SMILES string of the molecule is Nc1ccc(C(=O)NCCCOCCO)cc1Cl. The maximum Gasteiger partial charge on any atom is 0.251 e. The largest absolute Gasteiger partial charge is 0.398 e. The van der Waals surface area contributed by atoms with E-state index in [9.17, 15) is 4.79 Å². The Kier molecular flexibility index (Phi) is 6.49. The van der Waals surface area contributed by atoms with Crippen molar-refractivity contribution in [1.82, 2.24) is 5.32 Å². The molecule has 100 valence electrons. The molecule has 0 spiro atoms. The highest BCUT2D eigenvalue weighted by molar-refractivity contribution is 6.33. The van der Waals surface area contributed by atoms with E-state index in [1.165, 1.54) is 6.07 Å². The first-order chi connectivity index (χ1) is 8.65. The summed E-state index contributed by atoms with van der Waals surface area (Å²) in [4.78, 5) is 11.7. The third-order valence-corrected chi connectivity index (χ3v) is 2.58. The number of amides is 1. The number of hydrogen-bond donors (Lipinski definition) is 3. The Bertz CT molecular complexity index is 399. The highest BCUT2D eigenvalue weighted by Crippen LogP contribution is 2.19. The Morgan fingerprint density at radius 2 is 2.22 bits per heavy atom. The van der Waals surface area contributed by atoms with Gasteiger partial charge in [-0.05, 0) is 24.6 Å². The zero-order valence-corrected chi connectivity index (χ0v) is 10.7. The summed E-state index contributed by atoms with van der Waals surface area (Å²) >= 11 is 5.83. The first-order valence-electron chi connectivity index (χ1n) is 5.67. The average Bonchev–Trinajstić information content (AvgIpc) is 2.36. The van der Waals surface area contributed by atoms with Gasteiger partial charge in [-0.15, -0.1) is 0 Å². The lowest BCUT2D eigenvalue weighted by atomic mass is 10.2. The Balaban J connectivity index is 2.30. The van der Waals surface area contributed by atoms with Gasteiger partial charge in [0.1, 0.15) is 0 Å². The molecule has 5 nitrogen and oxygen atoms in total. The fraction of sp³-hybridized carbons (Fsp3) is 0.417. The van der Waals surface area contributed by atoms with Crippen LogP contribution in [0.5, 0.6) is 0 Å². The third-order valence-electron chi connectivity index (χ3n) is 2.25. The Morgan fingerprint density at radius 3 is 2.89 bits per heavy atom. The van der Waals surface area contributed by atoms with E-state index in [0.717, 1.165) is 0 Å². The van der Waals surface area contributed by atoms with Crippen LogP contribution < -0.4 is 11.1 Å². The van der Waals surface area contributed by atoms with Crippen LogP contribution in [0.25, 0.3) is 0 Å². The number of ether oxygens (including phenoxy) is 1. The molecule has 0 bridgehead atoms. The number of halogens is 1. The molecule has 0 unspecified atom stereocenters. The number of aliphatic hydroxyl groups excluding tert-OH is 1. The third kappa shape index (κ3) is 4.91. The zero-order valence-electron chi connectivity index (χ0n) is 9.99. The van der Waals surface area contributed by atoms with Crippen LogP contribution in [0.2, 0.25) is 5.02 Å². The molecule has 0 saturated heterocycles. The number of hydrogen-bond acceptors (Lipinski definition) is 4. The molecule has 0 aliphatic heterocycles. The summed E-state index contributed by atoms with van der Waals surface area (Å²) in [7, 11) is 0. The van der Waals surface area contributed by atoms with E-state index in [-0.39, 0.29) is 12.5 Å². The Morgan fingerprint density at radius 1 is 1.44 bits per heavy atom. The van der Waals surface area contributed by atoms with Crippen LogP contribution in [0, 0.1) is 0 Å². The molecule has 0 aliphatic rings. The topological polar surface area (TPSA) is 84.6 Å². The fourth-order valence-electron chi connectivity index (χ4n) is 1.31. The van der Waals surface area contributed by atoms with E-state index in [2.05, 4.69) is 5.32 Å². The molecule has 1 aromatic carbocycles. The molecule has 0 radical (unpaired) electrons. The number of carbonyl (C=O) groups is 1. The highest BCUT2D eigenvalue weighted by Gasteiger charge is 2.06. The maximum atomic E-state index is 11.7. The van der Waals surface area contributed by atoms with Crippen molar-refractivity contribution in [1.29, 1.82) is 0 Å². The normalized spacial score (nSPS) is 10.3. The van der Waals surface area contributed by atoms with Crippen molar-refractivity contribution in [3.8, 4) is 0 Å². The molecule has 0 fully saturated rings. The van der Waals surface area contributed by atoms with Gasteiger partial charge in [0, 0.05) is 18.7 Å². The molecule has 0 atom stereocenters. The number of nitrogens with two attached hydrogens (primary N) is 1. The molecule has 4 N–H and O–H groups in total. The molecule has 1 amide bonds. The van der Waals surface area contributed by atoms with Crippen molar-refractivity contribution >= 4 is 23.2 Å². The number of nitrogen functional groups attached to an aromatic ring is 1. The molecule has 0 aliphatic carbocycles. The van der Waals surface area contributed by atoms with Crippen LogP contribution >= 0.6 is 11.6 Å². The van der Waals surface area contributed by atoms with Gasteiger partial charge in [-0.25, -0.2) is 0 Å². The summed E-state index contributed by atoms with van der Waals surface area (Å²) in [5.74, 6) is -0.195. The first kappa shape index (κ1) is 14.8. The lowest BCUT2D eigenvalue weighted by Crippen LogP contribution is -2.25. The van der Waals surface area contributed by atoms with E-state index in [1.807, 2.05) is 0 Å². The lowest BCUT2D eigenvalue weighted by molar-refractivity contribution is 0.0867. The standard InChI is InChI=1S/C12H17ClN2O3/c13-10-8-9(2-3-11(10)14)12(17)15-4-1-6-18-7-5-16/h2-3,8,16H,1,4-7,14H2,(H,15,17). The van der Waals surface area contributed by atoms with Gasteiger partial charge in [0.15, 0.2) is 0 Å². The molecule has 18 heavy (non-hydrogen) atoms. The van der Waals surface area contributed by atoms with Crippen molar-refractivity contribution in [2.24, 2.45) is 0 Å². The van der Waals surface area contributed by atoms with Gasteiger partial charge < -0.3 is 20.9 Å². The van der Waals surface area contributed by atoms with Crippen LogP contribution in [-0.4, -0.2) is 37.4 Å². The monoisotopic (exact) mass is 272 g/mol. The van der Waals surface area contributed by atoms with Gasteiger partial charge in [-0.3, -0.25) is 4.79 Å². The van der Waals surface area contributed by atoms with Crippen molar-refractivity contribution in [3.63, 3.8) is 0 Å². The smallest absolute Gasteiger partial charge is 0.251 e. The van der Waals surface area contributed by atoms with Crippen LogP contribution in [-0.2, 0) is 4.74 Å². The quantitative estimate of drug-likeness (QED) is 0.512. The van der Waals surface area contributed by atoms with Crippen molar-refractivity contribution in [3.05, 3.63) is 28.8 Å². The second-order valence-electron chi connectivity index (χ2n) is 3.68. The molecule has 1 aromatic rings. The second kappa shape index (κ2) is 7.92. The van der Waals surface area contributed by atoms with Gasteiger partial charge in [-0.1, -0.05) is 11.6 Å². The van der Waals surface area contributed by atoms with Crippen LogP contribution in [0.3, 0.4) is 0 Å². The van der Waals surface area contributed by atoms with Gasteiger partial charge in [0.05, 0.1) is 23.9 Å². The predicted octanol–water partition coefficient (Wildman–Crippen LogP) is 1.05.